The maximum absolute atomic E-state index is 13.4. The molecule has 0 spiro atoms. The Kier molecular flexibility index (Phi) is 5.51. The first-order valence-corrected chi connectivity index (χ1v) is 5.93. The zero-order valence-corrected chi connectivity index (χ0v) is 11.1. The van der Waals surface area contributed by atoms with Crippen molar-refractivity contribution in [2.24, 2.45) is 0 Å². The third kappa shape index (κ3) is 4.54. The second-order valence-electron chi connectivity index (χ2n) is 4.48. The van der Waals surface area contributed by atoms with Gasteiger partial charge in [0.1, 0.15) is 5.82 Å². The normalized spacial score (nSPS) is 10.7. The molecule has 20 heavy (non-hydrogen) atoms. The monoisotopic (exact) mass is 287 g/mol. The van der Waals surface area contributed by atoms with Crippen LogP contribution in [0.4, 0.5) is 14.5 Å². The summed E-state index contributed by atoms with van der Waals surface area (Å²) in [5.41, 5.74) is -0.870. The van der Waals surface area contributed by atoms with Gasteiger partial charge >= 0.3 is 5.69 Å². The molecular formula is C12H15F2N3O3. The van der Waals surface area contributed by atoms with E-state index >= 15 is 0 Å². The molecule has 0 saturated heterocycles. The number of carbonyl (C=O) groups is 1. The zero-order chi connectivity index (χ0) is 15.3. The number of nitro groups is 1. The molecule has 8 heteroatoms. The number of hydrogen-bond donors (Lipinski definition) is 2. The van der Waals surface area contributed by atoms with Gasteiger partial charge in [-0.1, -0.05) is 0 Å². The van der Waals surface area contributed by atoms with Crippen LogP contribution in [0.3, 0.4) is 0 Å². The number of hydrogen-bond acceptors (Lipinski definition) is 4. The van der Waals surface area contributed by atoms with Crippen LogP contribution in [0.2, 0.25) is 0 Å². The predicted octanol–water partition coefficient (Wildman–Crippen LogP) is 1.49. The molecule has 1 amide bonds. The number of carbonyl (C=O) groups excluding carboxylic acids is 1. The molecule has 2 N–H and O–H groups in total. The van der Waals surface area contributed by atoms with Crippen molar-refractivity contribution in [2.75, 3.05) is 6.54 Å². The predicted molar refractivity (Wildman–Crippen MR) is 68.0 cm³/mol. The van der Waals surface area contributed by atoms with Gasteiger partial charge in [-0.15, -0.1) is 0 Å². The van der Waals surface area contributed by atoms with E-state index in [1.807, 2.05) is 0 Å². The van der Waals surface area contributed by atoms with Crippen LogP contribution in [0.15, 0.2) is 12.1 Å². The molecule has 1 aromatic rings. The molecule has 0 fully saturated rings. The molecule has 0 aromatic heterocycles. The summed E-state index contributed by atoms with van der Waals surface area (Å²) in [4.78, 5) is 20.9. The van der Waals surface area contributed by atoms with Gasteiger partial charge in [-0.05, 0) is 13.8 Å². The van der Waals surface area contributed by atoms with E-state index in [9.17, 15) is 23.7 Å². The van der Waals surface area contributed by atoms with Crippen LogP contribution in [0, 0.1) is 21.7 Å². The smallest absolute Gasteiger partial charge is 0.305 e. The number of amides is 1. The van der Waals surface area contributed by atoms with Crippen LogP contribution in [-0.4, -0.2) is 23.4 Å². The van der Waals surface area contributed by atoms with Crippen molar-refractivity contribution in [1.82, 2.24) is 10.6 Å². The van der Waals surface area contributed by atoms with Crippen LogP contribution in [0.25, 0.3) is 0 Å². The molecule has 0 bridgehead atoms. The third-order valence-electron chi connectivity index (χ3n) is 2.36. The van der Waals surface area contributed by atoms with Crippen molar-refractivity contribution in [2.45, 2.75) is 26.4 Å². The molecule has 0 saturated carbocycles. The average Bonchev–Trinajstić information content (AvgIpc) is 2.30. The summed E-state index contributed by atoms with van der Waals surface area (Å²) in [6, 6.07) is 1.26. The fourth-order valence-corrected chi connectivity index (χ4v) is 1.54. The molecule has 0 unspecified atom stereocenters. The molecule has 0 radical (unpaired) electrons. The van der Waals surface area contributed by atoms with Gasteiger partial charge in [0.2, 0.25) is 11.7 Å². The first-order valence-electron chi connectivity index (χ1n) is 5.93. The van der Waals surface area contributed by atoms with Gasteiger partial charge < -0.3 is 10.6 Å². The Morgan fingerprint density at radius 3 is 2.55 bits per heavy atom. The van der Waals surface area contributed by atoms with E-state index in [2.05, 4.69) is 10.6 Å². The first-order chi connectivity index (χ1) is 9.31. The zero-order valence-electron chi connectivity index (χ0n) is 11.1. The molecule has 0 atom stereocenters. The van der Waals surface area contributed by atoms with Gasteiger partial charge in [-0.25, -0.2) is 4.39 Å². The highest BCUT2D eigenvalue weighted by Gasteiger charge is 2.18. The number of nitro benzene ring substituents is 1. The van der Waals surface area contributed by atoms with Crippen LogP contribution < -0.4 is 10.6 Å². The average molecular weight is 287 g/mol. The summed E-state index contributed by atoms with van der Waals surface area (Å²) in [6.45, 7) is 3.41. The highest BCUT2D eigenvalue weighted by Crippen LogP contribution is 2.21. The van der Waals surface area contributed by atoms with Crippen molar-refractivity contribution in [1.29, 1.82) is 0 Å². The molecule has 1 aromatic carbocycles. The molecule has 1 rings (SSSR count). The van der Waals surface area contributed by atoms with Crippen LogP contribution >= 0.6 is 0 Å². The Balaban J connectivity index is 2.66. The Bertz CT molecular complexity index is 521. The molecule has 0 aliphatic heterocycles. The quantitative estimate of drug-likeness (QED) is 0.613. The summed E-state index contributed by atoms with van der Waals surface area (Å²) >= 11 is 0. The first kappa shape index (κ1) is 16.0. The Morgan fingerprint density at radius 1 is 1.35 bits per heavy atom. The lowest BCUT2D eigenvalue weighted by Crippen LogP contribution is -2.37. The lowest BCUT2D eigenvalue weighted by Gasteiger charge is -2.09. The number of rotatable bonds is 6. The largest absolute Gasteiger partial charge is 0.353 e. The van der Waals surface area contributed by atoms with Gasteiger partial charge in [0.05, 0.1) is 11.5 Å². The minimum absolute atomic E-state index is 0.0204. The van der Waals surface area contributed by atoms with Crippen molar-refractivity contribution in [3.63, 3.8) is 0 Å². The Hall–Kier alpha value is -2.09. The van der Waals surface area contributed by atoms with Gasteiger partial charge in [0.25, 0.3) is 0 Å². The summed E-state index contributed by atoms with van der Waals surface area (Å²) in [5, 5.41) is 15.8. The topological polar surface area (TPSA) is 84.3 Å². The fraction of sp³-hybridized carbons (Fsp3) is 0.417. The maximum atomic E-state index is 13.4. The fourth-order valence-electron chi connectivity index (χ4n) is 1.54. The standard InChI is InChI=1S/C12H15F2N3O3/c1-7(2)16-12(18)6-15-5-8-3-11(17(19)20)10(14)4-9(8)13/h3-4,7,15H,5-6H2,1-2H3,(H,16,18). The summed E-state index contributed by atoms with van der Waals surface area (Å²) < 4.78 is 26.5. The van der Waals surface area contributed by atoms with Crippen LogP contribution in [0.5, 0.6) is 0 Å². The van der Waals surface area contributed by atoms with E-state index < -0.39 is 22.2 Å². The number of nitrogens with one attached hydrogen (secondary N) is 2. The Labute approximate surface area is 114 Å². The van der Waals surface area contributed by atoms with Gasteiger partial charge in [0.15, 0.2) is 0 Å². The van der Waals surface area contributed by atoms with E-state index in [4.69, 9.17) is 0 Å². The second-order valence-corrected chi connectivity index (χ2v) is 4.48. The lowest BCUT2D eigenvalue weighted by molar-refractivity contribution is -0.387. The second kappa shape index (κ2) is 6.90. The lowest BCUT2D eigenvalue weighted by atomic mass is 10.1. The van der Waals surface area contributed by atoms with Crippen molar-refractivity contribution in [3.05, 3.63) is 39.4 Å². The van der Waals surface area contributed by atoms with E-state index in [0.29, 0.717) is 6.07 Å². The van der Waals surface area contributed by atoms with Crippen LogP contribution in [0.1, 0.15) is 19.4 Å². The molecule has 0 aliphatic carbocycles. The molecule has 110 valence electrons. The van der Waals surface area contributed by atoms with E-state index in [-0.39, 0.29) is 30.6 Å². The Morgan fingerprint density at radius 2 is 2.00 bits per heavy atom. The SMILES string of the molecule is CC(C)NC(=O)CNCc1cc([N+](=O)[O-])c(F)cc1F. The highest BCUT2D eigenvalue weighted by molar-refractivity contribution is 5.78. The van der Waals surface area contributed by atoms with Crippen molar-refractivity contribution >= 4 is 11.6 Å². The van der Waals surface area contributed by atoms with Crippen molar-refractivity contribution in [3.8, 4) is 0 Å². The summed E-state index contributed by atoms with van der Waals surface area (Å²) in [6.07, 6.45) is 0. The van der Waals surface area contributed by atoms with E-state index in [1.54, 1.807) is 13.8 Å². The maximum Gasteiger partial charge on any atom is 0.305 e. The minimum atomic E-state index is -1.23. The van der Waals surface area contributed by atoms with Crippen LogP contribution in [-0.2, 0) is 11.3 Å². The number of nitrogens with zero attached hydrogens (tertiary/aromatic N) is 1. The molecule has 0 aliphatic rings. The third-order valence-corrected chi connectivity index (χ3v) is 2.36. The van der Waals surface area contributed by atoms with E-state index in [0.717, 1.165) is 6.07 Å². The molecular weight excluding hydrogens is 272 g/mol. The highest BCUT2D eigenvalue weighted by atomic mass is 19.1. The summed E-state index contributed by atoms with van der Waals surface area (Å²) in [5.74, 6) is -2.41. The van der Waals surface area contributed by atoms with Crippen molar-refractivity contribution < 1.29 is 18.5 Å². The minimum Gasteiger partial charge on any atom is -0.353 e. The van der Waals surface area contributed by atoms with Gasteiger partial charge in [-0.2, -0.15) is 4.39 Å². The molecule has 0 heterocycles. The van der Waals surface area contributed by atoms with E-state index in [1.165, 1.54) is 0 Å². The van der Waals surface area contributed by atoms with Gasteiger partial charge in [0, 0.05) is 30.3 Å². The number of benzene rings is 1. The van der Waals surface area contributed by atoms with Gasteiger partial charge in [-0.3, -0.25) is 14.9 Å². The molecule has 6 nitrogen and oxygen atoms in total. The summed E-state index contributed by atoms with van der Waals surface area (Å²) in [7, 11) is 0. The number of halogens is 2.